The van der Waals surface area contributed by atoms with Crippen LogP contribution in [-0.4, -0.2) is 63.2 Å². The fraction of sp³-hybridized carbons (Fsp3) is 0.375. The Balaban J connectivity index is 1.33. The second-order valence-corrected chi connectivity index (χ2v) is 10.4. The molecule has 0 aliphatic carbocycles. The Kier molecular flexibility index (Phi) is 8.74. The Morgan fingerprint density at radius 3 is 2.05 bits per heavy atom. The maximum Gasteiger partial charge on any atom is 0.323 e. The average Bonchev–Trinajstić information content (AvgIpc) is 3.01. The monoisotopic (exact) mass is 541 g/mol. The van der Waals surface area contributed by atoms with Crippen LogP contribution in [0.5, 0.6) is 5.75 Å². The summed E-state index contributed by atoms with van der Waals surface area (Å²) in [6.45, 7) is 6.83. The lowest BCUT2D eigenvalue weighted by molar-refractivity contribution is 0.0725. The second kappa shape index (κ2) is 12.8. The van der Waals surface area contributed by atoms with Gasteiger partial charge in [-0.3, -0.25) is 4.79 Å². The van der Waals surface area contributed by atoms with E-state index in [2.05, 4.69) is 33.4 Å². The molecule has 0 bridgehead atoms. The van der Waals surface area contributed by atoms with Gasteiger partial charge in [0.1, 0.15) is 5.75 Å². The van der Waals surface area contributed by atoms with Crippen molar-refractivity contribution in [3.05, 3.63) is 77.9 Å². The Labute approximate surface area is 236 Å². The topological polar surface area (TPSA) is 77.1 Å². The number of piperidine rings is 1. The molecular formula is C32H39N5O3. The molecule has 0 unspecified atom stereocenters. The molecular weight excluding hydrogens is 502 g/mol. The zero-order valence-corrected chi connectivity index (χ0v) is 23.5. The number of benzene rings is 3. The minimum Gasteiger partial charge on any atom is -0.495 e. The van der Waals surface area contributed by atoms with Crippen molar-refractivity contribution in [1.82, 2.24) is 4.90 Å². The molecule has 8 nitrogen and oxygen atoms in total. The summed E-state index contributed by atoms with van der Waals surface area (Å²) in [5, 5.41) is 5.82. The number of anilines is 4. The van der Waals surface area contributed by atoms with Crippen LogP contribution < -0.4 is 25.2 Å². The van der Waals surface area contributed by atoms with Crippen LogP contribution in [0.15, 0.2) is 66.7 Å². The van der Waals surface area contributed by atoms with E-state index in [1.54, 1.807) is 7.11 Å². The molecule has 40 heavy (non-hydrogen) atoms. The molecule has 2 aliphatic rings. The number of methoxy groups -OCH3 is 1. The van der Waals surface area contributed by atoms with Crippen LogP contribution in [0.2, 0.25) is 0 Å². The highest BCUT2D eigenvalue weighted by atomic mass is 16.5. The number of aryl methyl sites for hydroxylation is 1. The molecule has 2 fully saturated rings. The van der Waals surface area contributed by atoms with E-state index < -0.39 is 0 Å². The van der Waals surface area contributed by atoms with Gasteiger partial charge in [-0.25, -0.2) is 4.79 Å². The molecule has 3 aromatic carbocycles. The first kappa shape index (κ1) is 27.4. The molecule has 2 heterocycles. The first-order valence-corrected chi connectivity index (χ1v) is 14.3. The number of hydrogen-bond acceptors (Lipinski definition) is 5. The average molecular weight is 542 g/mol. The lowest BCUT2D eigenvalue weighted by atomic mass is 10.1. The molecule has 3 aromatic rings. The first-order chi connectivity index (χ1) is 19.6. The van der Waals surface area contributed by atoms with Gasteiger partial charge in [0.2, 0.25) is 0 Å². The zero-order valence-electron chi connectivity index (χ0n) is 23.5. The van der Waals surface area contributed by atoms with Crippen LogP contribution in [0.25, 0.3) is 0 Å². The smallest absolute Gasteiger partial charge is 0.323 e. The predicted molar refractivity (Wildman–Crippen MR) is 162 cm³/mol. The van der Waals surface area contributed by atoms with Crippen LogP contribution in [-0.2, 0) is 6.42 Å². The van der Waals surface area contributed by atoms with E-state index in [-0.39, 0.29) is 11.9 Å². The predicted octanol–water partition coefficient (Wildman–Crippen LogP) is 5.85. The van der Waals surface area contributed by atoms with E-state index in [1.165, 1.54) is 5.56 Å². The van der Waals surface area contributed by atoms with Crippen LogP contribution in [0, 0.1) is 0 Å². The normalized spacial score (nSPS) is 15.5. The third kappa shape index (κ3) is 6.33. The number of nitrogens with one attached hydrogen (secondary N) is 2. The minimum absolute atomic E-state index is 0.0288. The number of ether oxygens (including phenoxy) is 1. The van der Waals surface area contributed by atoms with E-state index in [1.807, 2.05) is 65.6 Å². The number of para-hydroxylation sites is 2. The third-order valence-electron chi connectivity index (χ3n) is 7.79. The van der Waals surface area contributed by atoms with Gasteiger partial charge in [-0.2, -0.15) is 0 Å². The molecule has 0 saturated carbocycles. The lowest BCUT2D eigenvalue weighted by Crippen LogP contribution is -2.47. The molecule has 2 aliphatic heterocycles. The van der Waals surface area contributed by atoms with Gasteiger partial charge in [-0.15, -0.1) is 0 Å². The lowest BCUT2D eigenvalue weighted by Gasteiger charge is -2.39. The number of rotatable bonds is 7. The fourth-order valence-electron chi connectivity index (χ4n) is 5.52. The summed E-state index contributed by atoms with van der Waals surface area (Å²) in [6, 6.07) is 21.3. The highest BCUT2D eigenvalue weighted by molar-refractivity contribution is 6.04. The molecule has 8 heteroatoms. The SMILES string of the molecule is CCc1ccc(NC(=O)Nc2ccc(N3CCN(c4ccccc4OC)CC3)c(C(=O)N3CCCCC3)c2)cc1. The van der Waals surface area contributed by atoms with E-state index >= 15 is 0 Å². The number of carbonyl (C=O) groups is 2. The number of piperazine rings is 1. The quantitative estimate of drug-likeness (QED) is 0.392. The molecule has 0 aromatic heterocycles. The largest absolute Gasteiger partial charge is 0.495 e. The summed E-state index contributed by atoms with van der Waals surface area (Å²) in [6.07, 6.45) is 4.15. The van der Waals surface area contributed by atoms with E-state index in [9.17, 15) is 9.59 Å². The Hall–Kier alpha value is -4.20. The van der Waals surface area contributed by atoms with Crippen LogP contribution in [0.1, 0.15) is 42.1 Å². The highest BCUT2D eigenvalue weighted by Gasteiger charge is 2.26. The van der Waals surface area contributed by atoms with Crippen molar-refractivity contribution in [2.24, 2.45) is 0 Å². The van der Waals surface area contributed by atoms with Crippen molar-refractivity contribution in [3.63, 3.8) is 0 Å². The van der Waals surface area contributed by atoms with Crippen molar-refractivity contribution >= 4 is 34.7 Å². The number of carbonyl (C=O) groups excluding carboxylic acids is 2. The maximum absolute atomic E-state index is 13.8. The highest BCUT2D eigenvalue weighted by Crippen LogP contribution is 2.32. The van der Waals surface area contributed by atoms with Crippen molar-refractivity contribution in [3.8, 4) is 5.75 Å². The maximum atomic E-state index is 13.8. The van der Waals surface area contributed by atoms with Crippen LogP contribution >= 0.6 is 0 Å². The summed E-state index contributed by atoms with van der Waals surface area (Å²) < 4.78 is 5.58. The van der Waals surface area contributed by atoms with Gasteiger partial charge in [0.05, 0.1) is 18.4 Å². The number of urea groups is 1. The summed E-state index contributed by atoms with van der Waals surface area (Å²) >= 11 is 0. The van der Waals surface area contributed by atoms with Crippen LogP contribution in [0.3, 0.4) is 0 Å². The van der Waals surface area contributed by atoms with Gasteiger partial charge in [0.15, 0.2) is 0 Å². The van der Waals surface area contributed by atoms with E-state index in [4.69, 9.17) is 4.74 Å². The Morgan fingerprint density at radius 1 is 0.750 bits per heavy atom. The summed E-state index contributed by atoms with van der Waals surface area (Å²) in [5.41, 5.74) is 5.17. The van der Waals surface area contributed by atoms with Gasteiger partial charge < -0.3 is 30.1 Å². The molecule has 0 atom stereocenters. The van der Waals surface area contributed by atoms with Gasteiger partial charge in [0.25, 0.3) is 5.91 Å². The number of nitrogens with zero attached hydrogens (tertiary/aromatic N) is 3. The first-order valence-electron chi connectivity index (χ1n) is 14.3. The van der Waals surface area contributed by atoms with Gasteiger partial charge in [-0.05, 0) is 73.7 Å². The van der Waals surface area contributed by atoms with Crippen molar-refractivity contribution in [2.45, 2.75) is 32.6 Å². The minimum atomic E-state index is -0.334. The molecule has 210 valence electrons. The van der Waals surface area contributed by atoms with Crippen molar-refractivity contribution in [2.75, 3.05) is 66.8 Å². The fourth-order valence-corrected chi connectivity index (χ4v) is 5.52. The summed E-state index contributed by atoms with van der Waals surface area (Å²) in [4.78, 5) is 33.1. The van der Waals surface area contributed by atoms with Gasteiger partial charge >= 0.3 is 6.03 Å². The molecule has 3 amide bonds. The third-order valence-corrected chi connectivity index (χ3v) is 7.79. The summed E-state index contributed by atoms with van der Waals surface area (Å²) in [7, 11) is 1.70. The standard InChI is InChI=1S/C32H39N5O3/c1-3-24-11-13-25(14-12-24)33-32(39)34-26-15-16-28(27(23-26)31(38)37-17-7-4-8-18-37)35-19-21-36(22-20-35)29-9-5-6-10-30(29)40-2/h5-6,9-16,23H,3-4,7-8,17-22H2,1-2H3,(H2,33,34,39). The number of hydrogen-bond donors (Lipinski definition) is 2. The molecule has 2 N–H and O–H groups in total. The Morgan fingerprint density at radius 2 is 1.38 bits per heavy atom. The number of amides is 3. The van der Waals surface area contributed by atoms with E-state index in [0.29, 0.717) is 11.3 Å². The number of likely N-dealkylation sites (tertiary alicyclic amines) is 1. The van der Waals surface area contributed by atoms with Crippen LogP contribution in [0.4, 0.5) is 27.5 Å². The van der Waals surface area contributed by atoms with E-state index in [0.717, 1.165) is 87.8 Å². The van der Waals surface area contributed by atoms with Crippen molar-refractivity contribution in [1.29, 1.82) is 0 Å². The van der Waals surface area contributed by atoms with Gasteiger partial charge in [-0.1, -0.05) is 31.2 Å². The van der Waals surface area contributed by atoms with Crippen molar-refractivity contribution < 1.29 is 14.3 Å². The Bertz CT molecular complexity index is 1310. The molecule has 2 saturated heterocycles. The molecule has 5 rings (SSSR count). The van der Waals surface area contributed by atoms with Gasteiger partial charge in [0, 0.05) is 56.3 Å². The molecule has 0 spiro atoms. The molecule has 0 radical (unpaired) electrons. The second-order valence-electron chi connectivity index (χ2n) is 10.4. The zero-order chi connectivity index (χ0) is 27.9. The summed E-state index contributed by atoms with van der Waals surface area (Å²) in [5.74, 6) is 0.896.